The third-order valence-corrected chi connectivity index (χ3v) is 5.93. The van der Waals surface area contributed by atoms with Crippen molar-refractivity contribution < 1.29 is 9.53 Å². The van der Waals surface area contributed by atoms with Gasteiger partial charge in [-0.3, -0.25) is 9.69 Å². The molecule has 0 aromatic carbocycles. The van der Waals surface area contributed by atoms with Gasteiger partial charge in [0.1, 0.15) is 6.61 Å². The van der Waals surface area contributed by atoms with Crippen molar-refractivity contribution in [1.82, 2.24) is 9.80 Å². The lowest BCUT2D eigenvalue weighted by Gasteiger charge is -2.54. The van der Waals surface area contributed by atoms with Crippen molar-refractivity contribution in [3.63, 3.8) is 0 Å². The Morgan fingerprint density at radius 2 is 1.86 bits per heavy atom. The molecule has 22 heavy (non-hydrogen) atoms. The molecular formula is C17H32N2O2S. The Labute approximate surface area is 139 Å². The van der Waals surface area contributed by atoms with Crippen molar-refractivity contribution in [3.05, 3.63) is 0 Å². The van der Waals surface area contributed by atoms with Crippen LogP contribution in [-0.4, -0.2) is 65.2 Å². The van der Waals surface area contributed by atoms with E-state index in [1.807, 2.05) is 37.4 Å². The smallest absolute Gasteiger partial charge is 0.248 e. The Hall–Kier alpha value is -0.260. The molecule has 128 valence electrons. The van der Waals surface area contributed by atoms with Crippen LogP contribution < -0.4 is 0 Å². The van der Waals surface area contributed by atoms with Crippen LogP contribution in [0.1, 0.15) is 47.5 Å². The monoisotopic (exact) mass is 328 g/mol. The van der Waals surface area contributed by atoms with Gasteiger partial charge >= 0.3 is 0 Å². The third kappa shape index (κ3) is 4.62. The van der Waals surface area contributed by atoms with Gasteiger partial charge < -0.3 is 9.64 Å². The molecule has 0 aromatic heterocycles. The standard InChI is InChI=1S/C17H32N2O2S/c1-6-22-14(2)18-9-7-17(8-10-18)12-19(13-17)15(20)11-21-16(3,4)5/h14H,6-13H2,1-5H3. The number of ether oxygens (including phenoxy) is 1. The molecule has 4 nitrogen and oxygen atoms in total. The molecule has 5 heteroatoms. The number of hydrogen-bond donors (Lipinski definition) is 0. The zero-order chi connectivity index (χ0) is 16.4. The third-order valence-electron chi connectivity index (χ3n) is 4.81. The van der Waals surface area contributed by atoms with Crippen molar-refractivity contribution in [2.75, 3.05) is 38.5 Å². The van der Waals surface area contributed by atoms with Crippen molar-refractivity contribution in [3.8, 4) is 0 Å². The molecule has 1 unspecified atom stereocenters. The number of rotatable bonds is 5. The lowest BCUT2D eigenvalue weighted by molar-refractivity contribution is -0.156. The zero-order valence-electron chi connectivity index (χ0n) is 14.9. The summed E-state index contributed by atoms with van der Waals surface area (Å²) in [6.07, 6.45) is 2.46. The van der Waals surface area contributed by atoms with E-state index < -0.39 is 0 Å². The molecule has 1 atom stereocenters. The summed E-state index contributed by atoms with van der Waals surface area (Å²) in [5.41, 5.74) is 0.154. The van der Waals surface area contributed by atoms with Gasteiger partial charge in [0, 0.05) is 18.5 Å². The van der Waals surface area contributed by atoms with Crippen LogP contribution >= 0.6 is 11.8 Å². The first-order valence-corrected chi connectivity index (χ1v) is 9.57. The molecule has 2 aliphatic rings. The van der Waals surface area contributed by atoms with Crippen LogP contribution in [-0.2, 0) is 9.53 Å². The van der Waals surface area contributed by atoms with Crippen molar-refractivity contribution >= 4 is 17.7 Å². The maximum absolute atomic E-state index is 12.1. The van der Waals surface area contributed by atoms with E-state index in [9.17, 15) is 4.79 Å². The van der Waals surface area contributed by atoms with Crippen molar-refractivity contribution in [2.45, 2.75) is 58.4 Å². The second kappa shape index (κ2) is 7.10. The van der Waals surface area contributed by atoms with E-state index in [0.717, 1.165) is 13.1 Å². The molecule has 0 bridgehead atoms. The highest BCUT2D eigenvalue weighted by Gasteiger charge is 2.46. The molecule has 0 saturated carbocycles. The van der Waals surface area contributed by atoms with E-state index in [-0.39, 0.29) is 18.1 Å². The summed E-state index contributed by atoms with van der Waals surface area (Å²) in [6.45, 7) is 14.9. The number of carbonyl (C=O) groups excluding carboxylic acids is 1. The molecule has 0 radical (unpaired) electrons. The van der Waals surface area contributed by atoms with Crippen LogP contribution in [0, 0.1) is 5.41 Å². The van der Waals surface area contributed by atoms with Crippen LogP contribution in [0.15, 0.2) is 0 Å². The van der Waals surface area contributed by atoms with E-state index in [0.29, 0.717) is 10.8 Å². The number of carbonyl (C=O) groups is 1. The Kier molecular flexibility index (Phi) is 5.84. The van der Waals surface area contributed by atoms with E-state index in [1.165, 1.54) is 31.7 Å². The summed E-state index contributed by atoms with van der Waals surface area (Å²) < 4.78 is 5.60. The lowest BCUT2D eigenvalue weighted by atomic mass is 9.72. The second-order valence-electron chi connectivity index (χ2n) is 7.74. The molecule has 1 amide bonds. The number of amides is 1. The fourth-order valence-corrected chi connectivity index (χ4v) is 4.24. The molecule has 2 fully saturated rings. The minimum atomic E-state index is -0.239. The summed E-state index contributed by atoms with van der Waals surface area (Å²) in [7, 11) is 0. The summed E-state index contributed by atoms with van der Waals surface area (Å²) >= 11 is 2.02. The molecule has 2 saturated heterocycles. The van der Waals surface area contributed by atoms with Gasteiger partial charge in [0.25, 0.3) is 0 Å². The van der Waals surface area contributed by atoms with Gasteiger partial charge in [-0.1, -0.05) is 6.92 Å². The highest BCUT2D eigenvalue weighted by Crippen LogP contribution is 2.41. The predicted molar refractivity (Wildman–Crippen MR) is 93.1 cm³/mol. The second-order valence-corrected chi connectivity index (χ2v) is 9.33. The fraction of sp³-hybridized carbons (Fsp3) is 0.941. The SMILES string of the molecule is CCSC(C)N1CCC2(CC1)CN(C(=O)COC(C)(C)C)C2. The van der Waals surface area contributed by atoms with Crippen LogP contribution in [0.2, 0.25) is 0 Å². The van der Waals surface area contributed by atoms with E-state index in [4.69, 9.17) is 4.74 Å². The molecule has 1 spiro atoms. The zero-order valence-corrected chi connectivity index (χ0v) is 15.7. The highest BCUT2D eigenvalue weighted by atomic mass is 32.2. The topological polar surface area (TPSA) is 32.8 Å². The number of thioether (sulfide) groups is 1. The van der Waals surface area contributed by atoms with Gasteiger partial charge in [-0.15, -0.1) is 11.8 Å². The van der Waals surface area contributed by atoms with Gasteiger partial charge in [-0.2, -0.15) is 0 Å². The average molecular weight is 329 g/mol. The Balaban J connectivity index is 1.71. The minimum Gasteiger partial charge on any atom is -0.366 e. The molecule has 2 aliphatic heterocycles. The van der Waals surface area contributed by atoms with Crippen molar-refractivity contribution in [1.29, 1.82) is 0 Å². The average Bonchev–Trinajstić information content (AvgIpc) is 2.42. The highest BCUT2D eigenvalue weighted by molar-refractivity contribution is 7.99. The summed E-state index contributed by atoms with van der Waals surface area (Å²) in [4.78, 5) is 16.7. The number of hydrogen-bond acceptors (Lipinski definition) is 4. The van der Waals surface area contributed by atoms with E-state index in [1.54, 1.807) is 0 Å². The Bertz CT molecular complexity index is 379. The van der Waals surface area contributed by atoms with Crippen molar-refractivity contribution in [2.24, 2.45) is 5.41 Å². The quantitative estimate of drug-likeness (QED) is 0.777. The first-order chi connectivity index (χ1) is 10.2. The number of piperidine rings is 1. The molecule has 0 N–H and O–H groups in total. The van der Waals surface area contributed by atoms with Crippen LogP contribution in [0.4, 0.5) is 0 Å². The van der Waals surface area contributed by atoms with E-state index in [2.05, 4.69) is 18.7 Å². The van der Waals surface area contributed by atoms with E-state index >= 15 is 0 Å². The summed E-state index contributed by atoms with van der Waals surface area (Å²) in [5.74, 6) is 1.33. The first kappa shape index (κ1) is 18.1. The Morgan fingerprint density at radius 1 is 1.27 bits per heavy atom. The Morgan fingerprint density at radius 3 is 2.36 bits per heavy atom. The molecule has 2 heterocycles. The predicted octanol–water partition coefficient (Wildman–Crippen LogP) is 2.83. The maximum Gasteiger partial charge on any atom is 0.248 e. The summed E-state index contributed by atoms with van der Waals surface area (Å²) in [5, 5.41) is 0.625. The molecule has 2 rings (SSSR count). The van der Waals surface area contributed by atoms with Crippen LogP contribution in [0.5, 0.6) is 0 Å². The lowest BCUT2D eigenvalue weighted by Crippen LogP contribution is -2.63. The summed E-state index contributed by atoms with van der Waals surface area (Å²) in [6, 6.07) is 0. The van der Waals surface area contributed by atoms with Gasteiger partial charge in [-0.05, 0) is 59.4 Å². The molecule has 0 aliphatic carbocycles. The fourth-order valence-electron chi connectivity index (χ4n) is 3.33. The van der Waals surface area contributed by atoms with Crippen LogP contribution in [0.25, 0.3) is 0 Å². The van der Waals surface area contributed by atoms with Gasteiger partial charge in [0.2, 0.25) is 5.91 Å². The van der Waals surface area contributed by atoms with Gasteiger partial charge in [0.05, 0.1) is 11.0 Å². The van der Waals surface area contributed by atoms with Gasteiger partial charge in [-0.25, -0.2) is 0 Å². The molecule has 0 aromatic rings. The molecular weight excluding hydrogens is 296 g/mol. The first-order valence-electron chi connectivity index (χ1n) is 8.52. The largest absolute Gasteiger partial charge is 0.366 e. The van der Waals surface area contributed by atoms with Gasteiger partial charge in [0.15, 0.2) is 0 Å². The minimum absolute atomic E-state index is 0.151. The maximum atomic E-state index is 12.1. The number of likely N-dealkylation sites (tertiary alicyclic amines) is 2. The normalized spacial score (nSPS) is 23.4. The number of nitrogens with zero attached hydrogens (tertiary/aromatic N) is 2. The van der Waals surface area contributed by atoms with Crippen LogP contribution in [0.3, 0.4) is 0 Å².